The number of carbonyl (C=O) groups is 1. The van der Waals surface area contributed by atoms with Gasteiger partial charge in [0.1, 0.15) is 0 Å². The molecule has 0 aromatic carbocycles. The van der Waals surface area contributed by atoms with Crippen LogP contribution in [0.3, 0.4) is 0 Å². The number of thiophene rings is 1. The SMILES string of the molecule is O=C(O)C1(C(F)(F)F)CCN(Cc2cc(Br)cs2)C1. The van der Waals surface area contributed by atoms with Crippen molar-refractivity contribution in [2.45, 2.75) is 19.1 Å². The van der Waals surface area contributed by atoms with Crippen LogP contribution in [0.5, 0.6) is 0 Å². The summed E-state index contributed by atoms with van der Waals surface area (Å²) in [6, 6.07) is 1.83. The molecular formula is C11H11BrF3NO2S. The van der Waals surface area contributed by atoms with Crippen molar-refractivity contribution in [2.75, 3.05) is 13.1 Å². The van der Waals surface area contributed by atoms with Crippen molar-refractivity contribution < 1.29 is 23.1 Å². The van der Waals surface area contributed by atoms with Gasteiger partial charge in [0.2, 0.25) is 0 Å². The third kappa shape index (κ3) is 2.80. The smallest absolute Gasteiger partial charge is 0.406 e. The summed E-state index contributed by atoms with van der Waals surface area (Å²) in [5, 5.41) is 10.8. The molecular weight excluding hydrogens is 347 g/mol. The van der Waals surface area contributed by atoms with Crippen LogP contribution in [-0.4, -0.2) is 35.2 Å². The van der Waals surface area contributed by atoms with E-state index in [1.165, 1.54) is 11.3 Å². The van der Waals surface area contributed by atoms with Gasteiger partial charge in [0.15, 0.2) is 5.41 Å². The van der Waals surface area contributed by atoms with E-state index in [1.54, 1.807) is 4.90 Å². The largest absolute Gasteiger partial charge is 0.481 e. The second kappa shape index (κ2) is 5.06. The Bertz CT molecular complexity index is 491. The third-order valence-corrected chi connectivity index (χ3v) is 4.98. The summed E-state index contributed by atoms with van der Waals surface area (Å²) in [7, 11) is 0. The molecule has 1 saturated heterocycles. The van der Waals surface area contributed by atoms with Gasteiger partial charge < -0.3 is 5.11 Å². The Hall–Kier alpha value is -0.600. The number of likely N-dealkylation sites (tertiary alicyclic amines) is 1. The number of rotatable bonds is 3. The number of carboxylic acids is 1. The van der Waals surface area contributed by atoms with Crippen molar-refractivity contribution in [3.63, 3.8) is 0 Å². The zero-order chi connectivity index (χ0) is 14.3. The molecule has 1 atom stereocenters. The molecule has 1 fully saturated rings. The molecule has 0 amide bonds. The first-order valence-electron chi connectivity index (χ1n) is 5.50. The van der Waals surface area contributed by atoms with Crippen LogP contribution in [0.4, 0.5) is 13.2 Å². The highest BCUT2D eigenvalue weighted by molar-refractivity contribution is 9.10. The topological polar surface area (TPSA) is 40.5 Å². The van der Waals surface area contributed by atoms with Crippen molar-refractivity contribution in [1.29, 1.82) is 0 Å². The first-order valence-corrected chi connectivity index (χ1v) is 7.17. The van der Waals surface area contributed by atoms with E-state index in [0.29, 0.717) is 6.54 Å². The van der Waals surface area contributed by atoms with Gasteiger partial charge in [-0.2, -0.15) is 13.2 Å². The zero-order valence-electron chi connectivity index (χ0n) is 9.71. The van der Waals surface area contributed by atoms with Crippen molar-refractivity contribution >= 4 is 33.2 Å². The molecule has 1 N–H and O–H groups in total. The maximum atomic E-state index is 13.0. The first kappa shape index (κ1) is 14.8. The standard InChI is InChI=1S/C11H11BrF3NO2S/c12-7-3-8(19-5-7)4-16-2-1-10(6-16,9(17)18)11(13,14)15/h3,5H,1-2,4,6H2,(H,17,18). The van der Waals surface area contributed by atoms with Crippen molar-refractivity contribution in [3.05, 3.63) is 20.8 Å². The molecule has 1 unspecified atom stereocenters. The van der Waals surface area contributed by atoms with Gasteiger partial charge in [-0.3, -0.25) is 9.69 Å². The molecule has 0 radical (unpaired) electrons. The fourth-order valence-corrected chi connectivity index (χ4v) is 3.70. The monoisotopic (exact) mass is 357 g/mol. The quantitative estimate of drug-likeness (QED) is 0.901. The van der Waals surface area contributed by atoms with E-state index in [9.17, 15) is 18.0 Å². The van der Waals surface area contributed by atoms with Gasteiger partial charge in [-0.15, -0.1) is 11.3 Å². The minimum Gasteiger partial charge on any atom is -0.481 e. The normalized spacial score (nSPS) is 24.8. The number of carboxylic acid groups (broad SMARTS) is 1. The average Bonchev–Trinajstić information content (AvgIpc) is 2.85. The lowest BCUT2D eigenvalue weighted by Crippen LogP contribution is -2.47. The Morgan fingerprint density at radius 1 is 1.58 bits per heavy atom. The molecule has 1 aliphatic rings. The minimum absolute atomic E-state index is 0.140. The van der Waals surface area contributed by atoms with Gasteiger partial charge in [0.05, 0.1) is 0 Å². The maximum Gasteiger partial charge on any atom is 0.406 e. The Labute approximate surface area is 120 Å². The summed E-state index contributed by atoms with van der Waals surface area (Å²) >= 11 is 4.71. The molecule has 0 spiro atoms. The van der Waals surface area contributed by atoms with Crippen LogP contribution in [0.2, 0.25) is 0 Å². The van der Waals surface area contributed by atoms with Crippen LogP contribution in [0.1, 0.15) is 11.3 Å². The summed E-state index contributed by atoms with van der Waals surface area (Å²) in [6.45, 7) is 0.00403. The number of nitrogens with zero attached hydrogens (tertiary/aromatic N) is 1. The molecule has 0 bridgehead atoms. The fraction of sp³-hybridized carbons (Fsp3) is 0.545. The van der Waals surface area contributed by atoms with Crippen molar-refractivity contribution in [3.8, 4) is 0 Å². The minimum atomic E-state index is -4.72. The molecule has 0 saturated carbocycles. The molecule has 8 heteroatoms. The number of halogens is 4. The Kier molecular flexibility index (Phi) is 3.95. The highest BCUT2D eigenvalue weighted by Gasteiger charge is 2.63. The van der Waals surface area contributed by atoms with E-state index < -0.39 is 30.5 Å². The number of alkyl halides is 3. The van der Waals surface area contributed by atoms with E-state index in [2.05, 4.69) is 15.9 Å². The van der Waals surface area contributed by atoms with Crippen LogP contribution >= 0.6 is 27.3 Å². The predicted molar refractivity (Wildman–Crippen MR) is 68.0 cm³/mol. The molecule has 2 rings (SSSR count). The Balaban J connectivity index is 2.11. The molecule has 2 heterocycles. The summed E-state index contributed by atoms with van der Waals surface area (Å²) in [5.41, 5.74) is -2.62. The van der Waals surface area contributed by atoms with Crippen LogP contribution < -0.4 is 0 Å². The average molecular weight is 358 g/mol. The van der Waals surface area contributed by atoms with E-state index >= 15 is 0 Å². The summed E-state index contributed by atoms with van der Waals surface area (Å²) in [6.07, 6.45) is -5.11. The zero-order valence-corrected chi connectivity index (χ0v) is 12.1. The Morgan fingerprint density at radius 2 is 2.26 bits per heavy atom. The molecule has 0 aliphatic carbocycles. The van der Waals surface area contributed by atoms with Crippen LogP contribution in [0.15, 0.2) is 15.9 Å². The Morgan fingerprint density at radius 3 is 2.68 bits per heavy atom. The van der Waals surface area contributed by atoms with Gasteiger partial charge in [0.25, 0.3) is 0 Å². The number of hydrogen-bond acceptors (Lipinski definition) is 3. The summed E-state index contributed by atoms with van der Waals surface area (Å²) in [5.74, 6) is -1.78. The lowest BCUT2D eigenvalue weighted by atomic mass is 9.86. The molecule has 3 nitrogen and oxygen atoms in total. The van der Waals surface area contributed by atoms with Gasteiger partial charge in [-0.25, -0.2) is 0 Å². The highest BCUT2D eigenvalue weighted by Crippen LogP contribution is 2.46. The molecule has 1 aromatic rings. The highest BCUT2D eigenvalue weighted by atomic mass is 79.9. The second-order valence-electron chi connectivity index (χ2n) is 4.58. The van der Waals surface area contributed by atoms with Crippen LogP contribution in [0.25, 0.3) is 0 Å². The van der Waals surface area contributed by atoms with Crippen molar-refractivity contribution in [2.24, 2.45) is 5.41 Å². The van der Waals surface area contributed by atoms with Gasteiger partial charge in [-0.1, -0.05) is 0 Å². The van der Waals surface area contributed by atoms with E-state index in [-0.39, 0.29) is 6.54 Å². The molecule has 106 valence electrons. The third-order valence-electron chi connectivity index (χ3n) is 3.30. The van der Waals surface area contributed by atoms with Gasteiger partial charge >= 0.3 is 12.1 Å². The molecule has 1 aromatic heterocycles. The van der Waals surface area contributed by atoms with E-state index in [1.807, 2.05) is 11.4 Å². The predicted octanol–water partition coefficient (Wildman–Crippen LogP) is 3.35. The second-order valence-corrected chi connectivity index (χ2v) is 6.49. The van der Waals surface area contributed by atoms with Gasteiger partial charge in [-0.05, 0) is 28.4 Å². The van der Waals surface area contributed by atoms with Crippen LogP contribution in [-0.2, 0) is 11.3 Å². The van der Waals surface area contributed by atoms with Gasteiger partial charge in [0, 0.05) is 34.4 Å². The maximum absolute atomic E-state index is 13.0. The lowest BCUT2D eigenvalue weighted by Gasteiger charge is -2.27. The van der Waals surface area contributed by atoms with E-state index in [0.717, 1.165) is 9.35 Å². The number of hydrogen-bond donors (Lipinski definition) is 1. The molecule has 1 aliphatic heterocycles. The summed E-state index contributed by atoms with van der Waals surface area (Å²) in [4.78, 5) is 13.5. The number of aliphatic carboxylic acids is 1. The van der Waals surface area contributed by atoms with Crippen LogP contribution in [0, 0.1) is 5.41 Å². The van der Waals surface area contributed by atoms with E-state index in [4.69, 9.17) is 5.11 Å². The lowest BCUT2D eigenvalue weighted by molar-refractivity contribution is -0.227. The fourth-order valence-electron chi connectivity index (χ4n) is 2.21. The molecule has 19 heavy (non-hydrogen) atoms. The summed E-state index contributed by atoms with van der Waals surface area (Å²) < 4.78 is 39.8. The van der Waals surface area contributed by atoms with Crippen molar-refractivity contribution in [1.82, 2.24) is 4.90 Å². The first-order chi connectivity index (χ1) is 8.74.